The van der Waals surface area contributed by atoms with Gasteiger partial charge in [0.2, 0.25) is 0 Å². The van der Waals surface area contributed by atoms with Crippen molar-refractivity contribution in [2.24, 2.45) is 0 Å². The first-order valence-electron chi connectivity index (χ1n) is 8.13. The highest BCUT2D eigenvalue weighted by Crippen LogP contribution is 2.24. The third kappa shape index (κ3) is 3.23. The van der Waals surface area contributed by atoms with E-state index in [1.807, 2.05) is 6.07 Å². The van der Waals surface area contributed by atoms with Gasteiger partial charge in [0.1, 0.15) is 5.75 Å². The van der Waals surface area contributed by atoms with Crippen LogP contribution in [0.4, 0.5) is 0 Å². The molecule has 2 unspecified atom stereocenters. The molecule has 21 heavy (non-hydrogen) atoms. The summed E-state index contributed by atoms with van der Waals surface area (Å²) in [5, 5.41) is 3.71. The minimum absolute atomic E-state index is 0.495. The molecule has 1 aromatic carbocycles. The number of nitrogens with zero attached hydrogens (tertiary/aromatic N) is 2. The van der Waals surface area contributed by atoms with Crippen LogP contribution in [0.3, 0.4) is 0 Å². The number of rotatable bonds is 6. The summed E-state index contributed by atoms with van der Waals surface area (Å²) in [5.41, 5.74) is 1.31. The van der Waals surface area contributed by atoms with E-state index in [1.165, 1.54) is 38.3 Å². The Morgan fingerprint density at radius 3 is 2.62 bits per heavy atom. The minimum Gasteiger partial charge on any atom is -0.496 e. The molecule has 3 aliphatic heterocycles. The molecule has 4 nitrogen and oxygen atoms in total. The molecule has 0 aromatic heterocycles. The molecule has 4 heteroatoms. The Morgan fingerprint density at radius 2 is 2.00 bits per heavy atom. The van der Waals surface area contributed by atoms with E-state index in [2.05, 4.69) is 40.2 Å². The van der Waals surface area contributed by atoms with Crippen LogP contribution in [0, 0.1) is 0 Å². The number of benzene rings is 1. The van der Waals surface area contributed by atoms with Crippen LogP contribution >= 0.6 is 0 Å². The zero-order chi connectivity index (χ0) is 14.7. The molecule has 4 rings (SSSR count). The van der Waals surface area contributed by atoms with E-state index in [0.717, 1.165) is 18.7 Å². The first kappa shape index (κ1) is 14.8. The molecule has 2 atom stereocenters. The van der Waals surface area contributed by atoms with Gasteiger partial charge in [0.05, 0.1) is 7.11 Å². The van der Waals surface area contributed by atoms with Crippen molar-refractivity contribution in [2.75, 3.05) is 46.4 Å². The summed E-state index contributed by atoms with van der Waals surface area (Å²) in [6, 6.07) is 9.53. The fourth-order valence-corrected chi connectivity index (χ4v) is 3.75. The zero-order valence-electron chi connectivity index (χ0n) is 13.2. The molecule has 0 amide bonds. The van der Waals surface area contributed by atoms with Crippen molar-refractivity contribution < 1.29 is 4.74 Å². The molecule has 1 aromatic rings. The molecule has 0 spiro atoms. The summed E-state index contributed by atoms with van der Waals surface area (Å²) in [7, 11) is 1.76. The number of piperazine rings is 3. The number of likely N-dealkylation sites (N-methyl/N-ethyl adjacent to an activating group) is 1. The number of ether oxygens (including phenoxy) is 1. The highest BCUT2D eigenvalue weighted by atomic mass is 16.5. The fraction of sp³-hybridized carbons (Fsp3) is 0.647. The molecule has 116 valence electrons. The first-order chi connectivity index (χ1) is 10.3. The monoisotopic (exact) mass is 289 g/mol. The third-order valence-electron chi connectivity index (χ3n) is 4.88. The van der Waals surface area contributed by atoms with Crippen LogP contribution in [-0.4, -0.2) is 68.3 Å². The van der Waals surface area contributed by atoms with Gasteiger partial charge in [0.25, 0.3) is 0 Å². The Hall–Kier alpha value is -1.10. The van der Waals surface area contributed by atoms with E-state index in [9.17, 15) is 0 Å². The van der Waals surface area contributed by atoms with Gasteiger partial charge in [0, 0.05) is 44.8 Å². The summed E-state index contributed by atoms with van der Waals surface area (Å²) < 4.78 is 5.52. The average molecular weight is 289 g/mol. The maximum Gasteiger partial charge on any atom is 0.122 e. The zero-order valence-corrected chi connectivity index (χ0v) is 13.2. The predicted octanol–water partition coefficient (Wildman–Crippen LogP) is 1.22. The van der Waals surface area contributed by atoms with E-state index in [0.29, 0.717) is 12.1 Å². The number of nitrogens with one attached hydrogen (secondary N) is 1. The van der Waals surface area contributed by atoms with Gasteiger partial charge < -0.3 is 10.1 Å². The molecule has 0 saturated carbocycles. The third-order valence-corrected chi connectivity index (χ3v) is 4.88. The lowest BCUT2D eigenvalue weighted by Gasteiger charge is -2.50. The second-order valence-corrected chi connectivity index (χ2v) is 6.08. The Balaban J connectivity index is 1.75. The van der Waals surface area contributed by atoms with Gasteiger partial charge in [-0.1, -0.05) is 25.1 Å². The number of hydrogen-bond donors (Lipinski definition) is 1. The van der Waals surface area contributed by atoms with E-state index in [1.54, 1.807) is 7.11 Å². The van der Waals surface area contributed by atoms with E-state index < -0.39 is 0 Å². The number of hydrogen-bond acceptors (Lipinski definition) is 4. The summed E-state index contributed by atoms with van der Waals surface area (Å²) >= 11 is 0. The summed E-state index contributed by atoms with van der Waals surface area (Å²) in [4.78, 5) is 5.28. The van der Waals surface area contributed by atoms with E-state index in [-0.39, 0.29) is 0 Å². The molecule has 0 aliphatic carbocycles. The fourth-order valence-electron chi connectivity index (χ4n) is 3.75. The van der Waals surface area contributed by atoms with Crippen molar-refractivity contribution in [1.29, 1.82) is 0 Å². The van der Waals surface area contributed by atoms with Crippen molar-refractivity contribution in [3.05, 3.63) is 29.8 Å². The highest BCUT2D eigenvalue weighted by molar-refractivity contribution is 5.34. The van der Waals surface area contributed by atoms with Crippen LogP contribution in [0.1, 0.15) is 12.5 Å². The van der Waals surface area contributed by atoms with Crippen LogP contribution < -0.4 is 10.1 Å². The molecule has 3 aliphatic rings. The maximum absolute atomic E-state index is 5.52. The predicted molar refractivity (Wildman–Crippen MR) is 86.0 cm³/mol. The van der Waals surface area contributed by atoms with Gasteiger partial charge in [-0.3, -0.25) is 9.80 Å². The second-order valence-electron chi connectivity index (χ2n) is 6.08. The van der Waals surface area contributed by atoms with Gasteiger partial charge in [-0.15, -0.1) is 0 Å². The second kappa shape index (κ2) is 6.77. The molecule has 0 radical (unpaired) electrons. The van der Waals surface area contributed by atoms with Gasteiger partial charge in [-0.25, -0.2) is 0 Å². The van der Waals surface area contributed by atoms with Crippen LogP contribution in [-0.2, 0) is 6.42 Å². The lowest BCUT2D eigenvalue weighted by atomic mass is 9.94. The summed E-state index contributed by atoms with van der Waals surface area (Å²) in [6.07, 6.45) is 1.03. The number of fused-ring (bicyclic) bond motifs is 3. The maximum atomic E-state index is 5.52. The topological polar surface area (TPSA) is 27.7 Å². The first-order valence-corrected chi connectivity index (χ1v) is 8.13. The van der Waals surface area contributed by atoms with Crippen molar-refractivity contribution in [2.45, 2.75) is 25.4 Å². The number of para-hydroxylation sites is 1. The van der Waals surface area contributed by atoms with Crippen molar-refractivity contribution in [3.63, 3.8) is 0 Å². The lowest BCUT2D eigenvalue weighted by Crippen LogP contribution is -2.66. The highest BCUT2D eigenvalue weighted by Gasteiger charge is 2.36. The van der Waals surface area contributed by atoms with E-state index >= 15 is 0 Å². The molecular formula is C17H27N3O. The van der Waals surface area contributed by atoms with Crippen molar-refractivity contribution in [1.82, 2.24) is 15.1 Å². The number of methoxy groups -OCH3 is 1. The summed E-state index contributed by atoms with van der Waals surface area (Å²) in [5.74, 6) is 1.01. The van der Waals surface area contributed by atoms with Crippen LogP contribution in [0.15, 0.2) is 24.3 Å². The molecule has 2 bridgehead atoms. The van der Waals surface area contributed by atoms with Crippen LogP contribution in [0.2, 0.25) is 0 Å². The van der Waals surface area contributed by atoms with Gasteiger partial charge in [-0.05, 0) is 24.6 Å². The quantitative estimate of drug-likeness (QED) is 0.852. The summed E-state index contributed by atoms with van der Waals surface area (Å²) in [6.45, 7) is 9.34. The molecule has 3 heterocycles. The van der Waals surface area contributed by atoms with Gasteiger partial charge >= 0.3 is 0 Å². The average Bonchev–Trinajstić information content (AvgIpc) is 2.56. The molecule has 1 N–H and O–H groups in total. The lowest BCUT2D eigenvalue weighted by molar-refractivity contribution is -0.00295. The molecular weight excluding hydrogens is 262 g/mol. The Morgan fingerprint density at radius 1 is 1.24 bits per heavy atom. The molecule has 3 fully saturated rings. The molecule has 3 saturated heterocycles. The Labute approximate surface area is 128 Å². The Kier molecular flexibility index (Phi) is 4.78. The largest absolute Gasteiger partial charge is 0.496 e. The van der Waals surface area contributed by atoms with Crippen LogP contribution in [0.25, 0.3) is 0 Å². The van der Waals surface area contributed by atoms with Gasteiger partial charge in [-0.2, -0.15) is 0 Å². The van der Waals surface area contributed by atoms with Crippen molar-refractivity contribution in [3.8, 4) is 5.75 Å². The smallest absolute Gasteiger partial charge is 0.122 e. The normalized spacial score (nSPS) is 29.3. The van der Waals surface area contributed by atoms with Crippen molar-refractivity contribution >= 4 is 0 Å². The standard InChI is InChI=1S/C17H27N3O/c1-3-18-15(12-14-6-4-5-7-17(14)21-2)16-13-19-8-10-20(16)11-9-19/h4-7,15-16,18H,3,8-13H2,1-2H3. The SMILES string of the molecule is CCNC(Cc1ccccc1OC)C1CN2CCN1CC2. The van der Waals surface area contributed by atoms with Gasteiger partial charge in [0.15, 0.2) is 0 Å². The van der Waals surface area contributed by atoms with E-state index in [4.69, 9.17) is 4.74 Å². The minimum atomic E-state index is 0.495. The Bertz CT molecular complexity index is 457. The van der Waals surface area contributed by atoms with Crippen LogP contribution in [0.5, 0.6) is 5.75 Å².